The first kappa shape index (κ1) is 46.3. The van der Waals surface area contributed by atoms with Crippen molar-refractivity contribution >= 4 is 17.8 Å². The molecule has 1 atom stereocenters. The van der Waals surface area contributed by atoms with Crippen LogP contribution in [0, 0.1) is 0 Å². The second-order valence-corrected chi connectivity index (χ2v) is 14.3. The van der Waals surface area contributed by atoms with Crippen LogP contribution in [-0.4, -0.2) is 91.9 Å². The SMILES string of the molecule is CCCCCCCCCCCCCC(=O)OCCN(CCOC(=O)CCCCCCCCCCCCC)C(=O)C[N+](C)(CCC)CCO. The fourth-order valence-electron chi connectivity index (χ4n) is 6.39. The molecule has 0 aliphatic heterocycles. The Labute approximate surface area is 296 Å². The highest BCUT2D eigenvalue weighted by Gasteiger charge is 2.27. The molecule has 0 bridgehead atoms. The van der Waals surface area contributed by atoms with Crippen molar-refractivity contribution < 1.29 is 33.4 Å². The van der Waals surface area contributed by atoms with Crippen LogP contribution in [0.3, 0.4) is 0 Å². The number of unbranched alkanes of at least 4 members (excludes halogenated alkanes) is 20. The van der Waals surface area contributed by atoms with E-state index < -0.39 is 0 Å². The Kier molecular flexibility index (Phi) is 32.6. The lowest BCUT2D eigenvalue weighted by Gasteiger charge is -2.35. The fourth-order valence-corrected chi connectivity index (χ4v) is 6.39. The van der Waals surface area contributed by atoms with E-state index in [2.05, 4.69) is 20.8 Å². The molecule has 0 rings (SSSR count). The molecule has 0 aromatic carbocycles. The second-order valence-electron chi connectivity index (χ2n) is 14.3. The minimum absolute atomic E-state index is 0.0110. The van der Waals surface area contributed by atoms with E-state index in [9.17, 15) is 19.5 Å². The molecule has 8 nitrogen and oxygen atoms in total. The first-order valence-electron chi connectivity index (χ1n) is 20.3. The Morgan fingerprint density at radius 3 is 1.21 bits per heavy atom. The number of quaternary nitrogens is 1. The highest BCUT2D eigenvalue weighted by molar-refractivity contribution is 5.77. The van der Waals surface area contributed by atoms with Crippen LogP contribution in [0.15, 0.2) is 0 Å². The highest BCUT2D eigenvalue weighted by atomic mass is 16.5. The third-order valence-electron chi connectivity index (χ3n) is 9.49. The number of aliphatic hydroxyl groups is 1. The van der Waals surface area contributed by atoms with E-state index in [1.54, 1.807) is 4.90 Å². The number of nitrogens with zero attached hydrogens (tertiary/aromatic N) is 2. The van der Waals surface area contributed by atoms with Gasteiger partial charge < -0.3 is 24.0 Å². The Hall–Kier alpha value is -1.67. The minimum atomic E-state index is -0.219. The summed E-state index contributed by atoms with van der Waals surface area (Å²) >= 11 is 0. The van der Waals surface area contributed by atoms with Crippen LogP contribution in [0.2, 0.25) is 0 Å². The molecule has 284 valence electrons. The van der Waals surface area contributed by atoms with Gasteiger partial charge in [0.2, 0.25) is 0 Å². The average molecular weight is 684 g/mol. The van der Waals surface area contributed by atoms with Gasteiger partial charge in [0.1, 0.15) is 19.8 Å². The average Bonchev–Trinajstić information content (AvgIpc) is 3.05. The van der Waals surface area contributed by atoms with Gasteiger partial charge in [0, 0.05) is 12.8 Å². The van der Waals surface area contributed by atoms with E-state index in [4.69, 9.17) is 9.47 Å². The third-order valence-corrected chi connectivity index (χ3v) is 9.49. The van der Waals surface area contributed by atoms with Crippen LogP contribution in [0.5, 0.6) is 0 Å². The molecule has 0 saturated carbocycles. The fraction of sp³-hybridized carbons (Fsp3) is 0.925. The molecule has 0 saturated heterocycles. The van der Waals surface area contributed by atoms with Crippen molar-refractivity contribution in [2.24, 2.45) is 0 Å². The Morgan fingerprint density at radius 2 is 0.875 bits per heavy atom. The summed E-state index contributed by atoms with van der Waals surface area (Å²) in [5.74, 6) is -0.519. The Morgan fingerprint density at radius 1 is 0.521 bits per heavy atom. The van der Waals surface area contributed by atoms with Crippen LogP contribution in [0.1, 0.15) is 181 Å². The van der Waals surface area contributed by atoms with Gasteiger partial charge >= 0.3 is 11.9 Å². The monoisotopic (exact) mass is 684 g/mol. The molecule has 0 aromatic rings. The summed E-state index contributed by atoms with van der Waals surface area (Å²) in [5.41, 5.74) is 0. The van der Waals surface area contributed by atoms with Crippen LogP contribution >= 0.6 is 0 Å². The van der Waals surface area contributed by atoms with Crippen LogP contribution in [-0.2, 0) is 23.9 Å². The number of likely N-dealkylation sites (N-methyl/N-ethyl adjacent to an activating group) is 1. The van der Waals surface area contributed by atoms with Gasteiger partial charge in [-0.25, -0.2) is 0 Å². The van der Waals surface area contributed by atoms with E-state index in [-0.39, 0.29) is 57.3 Å². The predicted octanol–water partition coefficient (Wildman–Crippen LogP) is 9.15. The van der Waals surface area contributed by atoms with Crippen LogP contribution in [0.25, 0.3) is 0 Å². The summed E-state index contributed by atoms with van der Waals surface area (Å²) in [7, 11) is 1.98. The zero-order valence-corrected chi connectivity index (χ0v) is 32.2. The molecule has 0 aliphatic carbocycles. The van der Waals surface area contributed by atoms with Gasteiger partial charge in [-0.2, -0.15) is 0 Å². The number of esters is 2. The second kappa shape index (κ2) is 33.8. The summed E-state index contributed by atoms with van der Waals surface area (Å²) in [6.45, 7) is 8.90. The lowest BCUT2D eigenvalue weighted by molar-refractivity contribution is -0.902. The maximum atomic E-state index is 13.4. The van der Waals surface area contributed by atoms with Crippen molar-refractivity contribution in [1.29, 1.82) is 0 Å². The van der Waals surface area contributed by atoms with Crippen LogP contribution in [0.4, 0.5) is 0 Å². The molecule has 0 heterocycles. The number of hydrogen-bond acceptors (Lipinski definition) is 6. The van der Waals surface area contributed by atoms with Gasteiger partial charge in [-0.05, 0) is 19.3 Å². The normalized spacial score (nSPS) is 12.5. The lowest BCUT2D eigenvalue weighted by atomic mass is 10.1. The summed E-state index contributed by atoms with van der Waals surface area (Å²) in [4.78, 5) is 39.8. The van der Waals surface area contributed by atoms with E-state index >= 15 is 0 Å². The molecule has 0 aromatic heterocycles. The largest absolute Gasteiger partial charge is 0.464 e. The van der Waals surface area contributed by atoms with Crippen molar-refractivity contribution in [3.63, 3.8) is 0 Å². The van der Waals surface area contributed by atoms with E-state index in [0.29, 0.717) is 23.9 Å². The molecule has 0 fully saturated rings. The summed E-state index contributed by atoms with van der Waals surface area (Å²) in [5, 5.41) is 9.59. The predicted molar refractivity (Wildman–Crippen MR) is 199 cm³/mol. The number of ether oxygens (including phenoxy) is 2. The number of hydrogen-bond donors (Lipinski definition) is 1. The van der Waals surface area contributed by atoms with Gasteiger partial charge in [-0.3, -0.25) is 14.4 Å². The molecule has 48 heavy (non-hydrogen) atoms. The standard InChI is InChI=1S/C40H79N2O6/c1-5-8-10-12-14-16-18-20-22-24-26-28-39(45)47-35-30-41(38(44)37-42(4,32-7-3)33-34-43)31-36-48-40(46)29-27-25-23-21-19-17-15-13-11-9-6-2/h43H,5-37H2,1-4H3/q+1. The first-order chi connectivity index (χ1) is 23.3. The Balaban J connectivity index is 4.43. The Bertz CT molecular complexity index is 712. The number of rotatable bonds is 36. The smallest absolute Gasteiger partial charge is 0.305 e. The molecule has 1 N–H and O–H groups in total. The summed E-state index contributed by atoms with van der Waals surface area (Å²) in [6, 6.07) is 0. The van der Waals surface area contributed by atoms with Crippen molar-refractivity contribution in [3.05, 3.63) is 0 Å². The number of amides is 1. The molecular formula is C40H79N2O6+. The van der Waals surface area contributed by atoms with Gasteiger partial charge in [0.05, 0.1) is 33.3 Å². The molecular weight excluding hydrogens is 604 g/mol. The van der Waals surface area contributed by atoms with Gasteiger partial charge in [0.15, 0.2) is 6.54 Å². The quantitative estimate of drug-likeness (QED) is 0.0402. The topological polar surface area (TPSA) is 93.1 Å². The van der Waals surface area contributed by atoms with Crippen molar-refractivity contribution in [1.82, 2.24) is 4.90 Å². The molecule has 0 aliphatic rings. The van der Waals surface area contributed by atoms with Crippen molar-refractivity contribution in [3.8, 4) is 0 Å². The summed E-state index contributed by atoms with van der Waals surface area (Å²) < 4.78 is 11.5. The zero-order valence-electron chi connectivity index (χ0n) is 32.2. The molecule has 1 unspecified atom stereocenters. The third kappa shape index (κ3) is 29.3. The molecule has 8 heteroatoms. The van der Waals surface area contributed by atoms with Gasteiger partial charge in [0.25, 0.3) is 5.91 Å². The number of carbonyl (C=O) groups is 3. The van der Waals surface area contributed by atoms with E-state index in [1.165, 1.54) is 103 Å². The molecule has 1 amide bonds. The first-order valence-corrected chi connectivity index (χ1v) is 20.3. The number of carbonyl (C=O) groups excluding carboxylic acids is 3. The maximum absolute atomic E-state index is 13.4. The zero-order chi connectivity index (χ0) is 35.6. The molecule has 0 radical (unpaired) electrons. The van der Waals surface area contributed by atoms with Gasteiger partial charge in [-0.15, -0.1) is 0 Å². The van der Waals surface area contributed by atoms with Crippen LogP contribution < -0.4 is 0 Å². The van der Waals surface area contributed by atoms with E-state index in [0.717, 1.165) is 51.5 Å². The highest BCUT2D eigenvalue weighted by Crippen LogP contribution is 2.14. The van der Waals surface area contributed by atoms with Crippen molar-refractivity contribution in [2.45, 2.75) is 181 Å². The summed E-state index contributed by atoms with van der Waals surface area (Å²) in [6.07, 6.45) is 28.8. The van der Waals surface area contributed by atoms with E-state index in [1.807, 2.05) is 7.05 Å². The maximum Gasteiger partial charge on any atom is 0.305 e. The number of aliphatic hydroxyl groups excluding tert-OH is 1. The minimum Gasteiger partial charge on any atom is -0.464 e. The lowest BCUT2D eigenvalue weighted by Crippen LogP contribution is -2.54. The van der Waals surface area contributed by atoms with Crippen molar-refractivity contribution in [2.75, 3.05) is 59.6 Å². The van der Waals surface area contributed by atoms with Gasteiger partial charge in [-0.1, -0.05) is 149 Å². The molecule has 0 spiro atoms.